The van der Waals surface area contributed by atoms with Gasteiger partial charge in [-0.2, -0.15) is 0 Å². The van der Waals surface area contributed by atoms with E-state index in [2.05, 4.69) is 13.0 Å². The number of hydrogen-bond donors (Lipinski definition) is 0. The highest BCUT2D eigenvalue weighted by Gasteiger charge is 2.44. The van der Waals surface area contributed by atoms with Crippen LogP contribution in [0.25, 0.3) is 5.57 Å². The number of nitrogens with zero attached hydrogens (tertiary/aromatic N) is 2. The van der Waals surface area contributed by atoms with Gasteiger partial charge in [0.15, 0.2) is 0 Å². The van der Waals surface area contributed by atoms with E-state index in [0.29, 0.717) is 23.5 Å². The van der Waals surface area contributed by atoms with Crippen molar-refractivity contribution in [3.05, 3.63) is 99.7 Å². The quantitative estimate of drug-likeness (QED) is 0.540. The average molecular weight is 423 g/mol. The monoisotopic (exact) mass is 422 g/mol. The zero-order valence-corrected chi connectivity index (χ0v) is 18.9. The molecule has 0 spiro atoms. The van der Waals surface area contributed by atoms with Gasteiger partial charge >= 0.3 is 0 Å². The Balaban J connectivity index is 1.71. The van der Waals surface area contributed by atoms with Crippen LogP contribution in [0.5, 0.6) is 0 Å². The Bertz CT molecular complexity index is 1300. The second-order valence-corrected chi connectivity index (χ2v) is 8.84. The first kappa shape index (κ1) is 20.3. The molecule has 0 bridgehead atoms. The van der Waals surface area contributed by atoms with Crippen molar-refractivity contribution in [1.82, 2.24) is 0 Å². The Morgan fingerprint density at radius 3 is 2.19 bits per heavy atom. The Kier molecular flexibility index (Phi) is 4.74. The topological polar surface area (TPSA) is 40.6 Å². The molecule has 0 unspecified atom stereocenters. The number of imide groups is 1. The molecule has 0 aliphatic carbocycles. The third kappa shape index (κ3) is 3.14. The highest BCUT2D eigenvalue weighted by Crippen LogP contribution is 2.40. The molecule has 0 fully saturated rings. The second-order valence-electron chi connectivity index (χ2n) is 8.84. The summed E-state index contributed by atoms with van der Waals surface area (Å²) in [5.41, 5.74) is 8.88. The molecular formula is C28H26N2O2. The van der Waals surface area contributed by atoms with Crippen molar-refractivity contribution in [2.45, 2.75) is 34.1 Å². The second kappa shape index (κ2) is 7.49. The fraction of sp³-hybridized carbons (Fsp3) is 0.214. The van der Waals surface area contributed by atoms with E-state index in [4.69, 9.17) is 0 Å². The fourth-order valence-electron chi connectivity index (χ4n) is 4.81. The minimum atomic E-state index is -0.261. The van der Waals surface area contributed by atoms with Gasteiger partial charge in [-0.1, -0.05) is 42.5 Å². The highest BCUT2D eigenvalue weighted by molar-refractivity contribution is 6.46. The summed E-state index contributed by atoms with van der Waals surface area (Å²) in [5, 5.41) is 0. The Morgan fingerprint density at radius 2 is 1.47 bits per heavy atom. The molecule has 4 nitrogen and oxygen atoms in total. The van der Waals surface area contributed by atoms with Crippen LogP contribution >= 0.6 is 0 Å². The molecule has 5 rings (SSSR count). The number of anilines is 2. The number of fused-ring (bicyclic) bond motifs is 1. The summed E-state index contributed by atoms with van der Waals surface area (Å²) >= 11 is 0. The van der Waals surface area contributed by atoms with Gasteiger partial charge in [0.25, 0.3) is 11.8 Å². The molecule has 0 aromatic heterocycles. The van der Waals surface area contributed by atoms with E-state index in [9.17, 15) is 9.59 Å². The number of benzene rings is 3. The molecule has 0 atom stereocenters. The number of carbonyl (C=O) groups excluding carboxylic acids is 2. The maximum Gasteiger partial charge on any atom is 0.282 e. The van der Waals surface area contributed by atoms with E-state index in [1.807, 2.05) is 80.3 Å². The third-order valence-electron chi connectivity index (χ3n) is 6.48. The van der Waals surface area contributed by atoms with Gasteiger partial charge < -0.3 is 4.90 Å². The standard InChI is InChI=1S/C28H26N2O2/c1-17-13-18(2)15-23(14-17)30-27(31)25(22-10-9-19(3)20(4)16-22)26(28(30)32)29-12-11-21-7-5-6-8-24(21)29/h5-10,13-16H,11-12H2,1-4H3. The van der Waals surface area contributed by atoms with Gasteiger partial charge in [-0.3, -0.25) is 9.59 Å². The van der Waals surface area contributed by atoms with E-state index >= 15 is 0 Å². The predicted octanol–water partition coefficient (Wildman–Crippen LogP) is 5.27. The Morgan fingerprint density at radius 1 is 0.750 bits per heavy atom. The number of para-hydroxylation sites is 1. The molecule has 2 amide bonds. The Labute approximate surface area is 188 Å². The normalized spacial score (nSPS) is 15.8. The minimum absolute atomic E-state index is 0.259. The van der Waals surface area contributed by atoms with Gasteiger partial charge in [0.1, 0.15) is 5.70 Å². The van der Waals surface area contributed by atoms with E-state index in [0.717, 1.165) is 39.9 Å². The van der Waals surface area contributed by atoms with Crippen LogP contribution in [0, 0.1) is 27.7 Å². The first-order valence-corrected chi connectivity index (χ1v) is 11.0. The van der Waals surface area contributed by atoms with E-state index < -0.39 is 0 Å². The molecule has 0 radical (unpaired) electrons. The predicted molar refractivity (Wildman–Crippen MR) is 129 cm³/mol. The van der Waals surface area contributed by atoms with Crippen molar-refractivity contribution in [2.24, 2.45) is 0 Å². The molecule has 2 aliphatic heterocycles. The van der Waals surface area contributed by atoms with Crippen LogP contribution in [0.4, 0.5) is 11.4 Å². The average Bonchev–Trinajstić information content (AvgIpc) is 3.27. The van der Waals surface area contributed by atoms with Gasteiger partial charge in [-0.05, 0) is 85.7 Å². The first-order chi connectivity index (χ1) is 15.3. The van der Waals surface area contributed by atoms with Crippen LogP contribution in [0.15, 0.2) is 66.4 Å². The summed E-state index contributed by atoms with van der Waals surface area (Å²) in [6, 6.07) is 20.0. The zero-order valence-electron chi connectivity index (χ0n) is 18.9. The van der Waals surface area contributed by atoms with Crippen LogP contribution in [-0.2, 0) is 16.0 Å². The molecule has 3 aromatic carbocycles. The largest absolute Gasteiger partial charge is 0.336 e. The van der Waals surface area contributed by atoms with Crippen molar-refractivity contribution in [3.8, 4) is 0 Å². The summed E-state index contributed by atoms with van der Waals surface area (Å²) < 4.78 is 0. The zero-order chi connectivity index (χ0) is 22.6. The van der Waals surface area contributed by atoms with E-state index in [1.54, 1.807) is 0 Å². The van der Waals surface area contributed by atoms with Crippen LogP contribution in [0.2, 0.25) is 0 Å². The summed E-state index contributed by atoms with van der Waals surface area (Å²) in [6.45, 7) is 8.73. The minimum Gasteiger partial charge on any atom is -0.336 e. The SMILES string of the molecule is Cc1cc(C)cc(N2C(=O)C(c3ccc(C)c(C)c3)=C(N3CCc4ccccc43)C2=O)c1. The molecule has 2 aliphatic rings. The third-order valence-corrected chi connectivity index (χ3v) is 6.48. The molecule has 0 saturated heterocycles. The maximum absolute atomic E-state index is 13.9. The van der Waals surface area contributed by atoms with Gasteiger partial charge in [-0.15, -0.1) is 0 Å². The number of hydrogen-bond acceptors (Lipinski definition) is 3. The summed E-state index contributed by atoms with van der Waals surface area (Å²) in [5.74, 6) is -0.521. The first-order valence-electron chi connectivity index (χ1n) is 11.0. The number of amides is 2. The van der Waals surface area contributed by atoms with Crippen LogP contribution in [0.1, 0.15) is 33.4 Å². The fourth-order valence-corrected chi connectivity index (χ4v) is 4.81. The van der Waals surface area contributed by atoms with Gasteiger partial charge in [-0.25, -0.2) is 4.90 Å². The molecule has 32 heavy (non-hydrogen) atoms. The van der Waals surface area contributed by atoms with Gasteiger partial charge in [0.2, 0.25) is 0 Å². The number of rotatable bonds is 3. The van der Waals surface area contributed by atoms with E-state index in [1.165, 1.54) is 10.5 Å². The highest BCUT2D eigenvalue weighted by atomic mass is 16.2. The molecule has 3 aromatic rings. The van der Waals surface area contributed by atoms with Crippen molar-refractivity contribution in [2.75, 3.05) is 16.3 Å². The summed E-state index contributed by atoms with van der Waals surface area (Å²) in [6.07, 6.45) is 0.852. The molecule has 4 heteroatoms. The molecule has 2 heterocycles. The molecular weight excluding hydrogens is 396 g/mol. The van der Waals surface area contributed by atoms with Crippen LogP contribution in [-0.4, -0.2) is 18.4 Å². The van der Waals surface area contributed by atoms with Crippen molar-refractivity contribution in [3.63, 3.8) is 0 Å². The lowest BCUT2D eigenvalue weighted by Gasteiger charge is -2.22. The van der Waals surface area contributed by atoms with Crippen molar-refractivity contribution >= 4 is 28.8 Å². The summed E-state index contributed by atoms with van der Waals surface area (Å²) in [7, 11) is 0. The molecule has 0 saturated carbocycles. The lowest BCUT2D eigenvalue weighted by molar-refractivity contribution is -0.120. The van der Waals surface area contributed by atoms with Gasteiger partial charge in [0.05, 0.1) is 11.3 Å². The van der Waals surface area contributed by atoms with Crippen molar-refractivity contribution in [1.29, 1.82) is 0 Å². The summed E-state index contributed by atoms with van der Waals surface area (Å²) in [4.78, 5) is 31.1. The Hall–Kier alpha value is -3.66. The van der Waals surface area contributed by atoms with Crippen LogP contribution in [0.3, 0.4) is 0 Å². The molecule has 0 N–H and O–H groups in total. The van der Waals surface area contributed by atoms with Crippen molar-refractivity contribution < 1.29 is 9.59 Å². The lowest BCUT2D eigenvalue weighted by Crippen LogP contribution is -2.35. The van der Waals surface area contributed by atoms with Crippen LogP contribution < -0.4 is 9.80 Å². The van der Waals surface area contributed by atoms with Gasteiger partial charge in [0, 0.05) is 12.2 Å². The number of aryl methyl sites for hydroxylation is 4. The maximum atomic E-state index is 13.9. The lowest BCUT2D eigenvalue weighted by atomic mass is 9.99. The number of carbonyl (C=O) groups is 2. The molecule has 160 valence electrons. The smallest absolute Gasteiger partial charge is 0.282 e. The van der Waals surface area contributed by atoms with E-state index in [-0.39, 0.29) is 11.8 Å².